The van der Waals surface area contributed by atoms with Crippen LogP contribution in [-0.4, -0.2) is 31.8 Å². The predicted octanol–water partition coefficient (Wildman–Crippen LogP) is 5.63. The molecule has 1 amide bonds. The van der Waals surface area contributed by atoms with Gasteiger partial charge < -0.3 is 0 Å². The van der Waals surface area contributed by atoms with E-state index in [-0.39, 0.29) is 22.9 Å². The fourth-order valence-electron chi connectivity index (χ4n) is 4.30. The lowest BCUT2D eigenvalue weighted by atomic mass is 9.97. The van der Waals surface area contributed by atoms with Gasteiger partial charge in [-0.2, -0.15) is 5.10 Å². The van der Waals surface area contributed by atoms with Gasteiger partial charge in [-0.15, -0.1) is 11.3 Å². The summed E-state index contributed by atoms with van der Waals surface area (Å²) >= 11 is 6.19. The van der Waals surface area contributed by atoms with Crippen LogP contribution in [0.25, 0.3) is 15.9 Å². The molecule has 194 valence electrons. The fourth-order valence-corrected chi connectivity index (χ4v) is 6.67. The lowest BCUT2D eigenvalue weighted by molar-refractivity contribution is -0.384. The Morgan fingerprint density at radius 1 is 1.18 bits per heavy atom. The van der Waals surface area contributed by atoms with Crippen LogP contribution < -0.4 is 11.0 Å². The molecule has 1 aliphatic carbocycles. The van der Waals surface area contributed by atoms with E-state index >= 15 is 0 Å². The van der Waals surface area contributed by atoms with Gasteiger partial charge in [0.25, 0.3) is 17.2 Å². The molecule has 1 aliphatic rings. The molecule has 0 bridgehead atoms. The number of carbonyl (C=O) groups is 1. The summed E-state index contributed by atoms with van der Waals surface area (Å²) in [6.07, 6.45) is 4.02. The Morgan fingerprint density at radius 3 is 2.61 bits per heavy atom. The minimum absolute atomic E-state index is 0.00337. The maximum Gasteiger partial charge on any atom is 0.269 e. The Hall–Kier alpha value is -3.35. The fraction of sp³-hybridized carbons (Fsp3) is 0.231. The third-order valence-corrected chi connectivity index (χ3v) is 8.87. The monoisotopic (exact) mass is 611 g/mol. The van der Waals surface area contributed by atoms with Gasteiger partial charge in [-0.25, -0.2) is 10.4 Å². The number of rotatable bonds is 7. The zero-order chi connectivity index (χ0) is 26.8. The van der Waals surface area contributed by atoms with Crippen LogP contribution in [0.1, 0.15) is 35.8 Å². The zero-order valence-corrected chi connectivity index (χ0v) is 23.5. The molecule has 12 heteroatoms. The summed E-state index contributed by atoms with van der Waals surface area (Å²) in [7, 11) is 0. The normalized spacial score (nSPS) is 13.4. The highest BCUT2D eigenvalue weighted by Crippen LogP contribution is 2.35. The molecule has 0 radical (unpaired) electrons. The number of aromatic nitrogens is 2. The van der Waals surface area contributed by atoms with Gasteiger partial charge in [-0.3, -0.25) is 24.3 Å². The average molecular weight is 613 g/mol. The van der Waals surface area contributed by atoms with Crippen molar-refractivity contribution in [3.63, 3.8) is 0 Å². The van der Waals surface area contributed by atoms with E-state index in [9.17, 15) is 19.7 Å². The maximum atomic E-state index is 13.8. The number of nitrogens with zero attached hydrogens (tertiary/aromatic N) is 4. The second kappa shape index (κ2) is 11.2. The van der Waals surface area contributed by atoms with Crippen LogP contribution in [0, 0.1) is 10.1 Å². The number of amides is 1. The van der Waals surface area contributed by atoms with E-state index in [0.717, 1.165) is 35.7 Å². The number of thiophene rings is 1. The molecular formula is C26H22BrN5O4S2. The molecule has 38 heavy (non-hydrogen) atoms. The molecular weight excluding hydrogens is 590 g/mol. The van der Waals surface area contributed by atoms with Crippen LogP contribution in [0.3, 0.4) is 0 Å². The molecule has 4 aromatic rings. The first-order chi connectivity index (χ1) is 18.3. The highest BCUT2D eigenvalue weighted by molar-refractivity contribution is 9.10. The van der Waals surface area contributed by atoms with E-state index in [1.54, 1.807) is 35.0 Å². The number of nitro benzene ring substituents is 1. The minimum atomic E-state index is -0.472. The molecule has 5 rings (SSSR count). The van der Waals surface area contributed by atoms with E-state index in [1.807, 2.05) is 24.3 Å². The van der Waals surface area contributed by atoms with Crippen molar-refractivity contribution < 1.29 is 9.72 Å². The maximum absolute atomic E-state index is 13.8. The second-order valence-corrected chi connectivity index (χ2v) is 11.7. The Labute approximate surface area is 234 Å². The summed E-state index contributed by atoms with van der Waals surface area (Å²) in [5.41, 5.74) is 5.34. The van der Waals surface area contributed by atoms with Crippen LogP contribution in [0.5, 0.6) is 0 Å². The van der Waals surface area contributed by atoms with Gasteiger partial charge in [0.1, 0.15) is 4.83 Å². The highest BCUT2D eigenvalue weighted by Gasteiger charge is 2.23. The number of nitrogens with one attached hydrogen (secondary N) is 1. The van der Waals surface area contributed by atoms with Gasteiger partial charge in [0, 0.05) is 21.5 Å². The number of non-ortho nitro benzene ring substituents is 1. The number of hydrazone groups is 1. The number of carbonyl (C=O) groups excluding carboxylic acids is 1. The second-order valence-electron chi connectivity index (χ2n) is 8.73. The third-order valence-electron chi connectivity index (χ3n) is 6.22. The number of fused-ring (bicyclic) bond motifs is 3. The van der Waals surface area contributed by atoms with Crippen LogP contribution in [0.2, 0.25) is 0 Å². The van der Waals surface area contributed by atoms with Gasteiger partial charge in [-0.1, -0.05) is 27.7 Å². The summed E-state index contributed by atoms with van der Waals surface area (Å²) in [6, 6.07) is 13.4. The lowest BCUT2D eigenvalue weighted by Gasteiger charge is -2.13. The Morgan fingerprint density at radius 2 is 1.89 bits per heavy atom. The summed E-state index contributed by atoms with van der Waals surface area (Å²) in [6.45, 7) is 1.70. The van der Waals surface area contributed by atoms with Crippen LogP contribution in [-0.2, 0) is 17.6 Å². The Balaban J connectivity index is 1.40. The van der Waals surface area contributed by atoms with Crippen molar-refractivity contribution >= 4 is 66.6 Å². The Bertz CT molecular complexity index is 1630. The molecule has 0 fully saturated rings. The van der Waals surface area contributed by atoms with Crippen molar-refractivity contribution in [1.29, 1.82) is 0 Å². The predicted molar refractivity (Wildman–Crippen MR) is 154 cm³/mol. The molecule has 0 unspecified atom stereocenters. The van der Waals surface area contributed by atoms with Crippen molar-refractivity contribution in [3.8, 4) is 5.69 Å². The summed E-state index contributed by atoms with van der Waals surface area (Å²) < 4.78 is 2.48. The molecule has 1 N–H and O–H groups in total. The smallest absolute Gasteiger partial charge is 0.269 e. The van der Waals surface area contributed by atoms with Crippen molar-refractivity contribution in [3.05, 3.63) is 89.5 Å². The number of aryl methyl sites for hydroxylation is 2. The SMILES string of the molecule is CC(=NNC(=O)CSc1nc2sc3c(c2c(=O)n1-c1ccc(Br)cc1)CCCC3)c1ccc([N+](=O)[O-])cc1. The molecule has 2 heterocycles. The first-order valence-corrected chi connectivity index (χ1v) is 14.5. The van der Waals surface area contributed by atoms with Crippen molar-refractivity contribution in [2.75, 3.05) is 5.75 Å². The summed E-state index contributed by atoms with van der Waals surface area (Å²) in [4.78, 5) is 43.6. The number of thioether (sulfide) groups is 1. The first-order valence-electron chi connectivity index (χ1n) is 11.9. The van der Waals surface area contributed by atoms with E-state index in [2.05, 4.69) is 26.5 Å². The van der Waals surface area contributed by atoms with Crippen molar-refractivity contribution in [2.45, 2.75) is 37.8 Å². The number of nitro groups is 1. The standard InChI is InChI=1S/C26H22BrN5O4S2/c1-15(16-6-10-19(11-7-16)32(35)36)29-30-22(33)14-37-26-28-24-23(20-4-2-3-5-21(20)38-24)25(34)31(26)18-12-8-17(27)9-13-18/h6-13H,2-5,14H2,1H3,(H,30,33). The van der Waals surface area contributed by atoms with Gasteiger partial charge in [0.2, 0.25) is 0 Å². The molecule has 0 atom stereocenters. The van der Waals surface area contributed by atoms with Gasteiger partial charge in [0.05, 0.1) is 27.5 Å². The Kier molecular flexibility index (Phi) is 7.73. The molecule has 9 nitrogen and oxygen atoms in total. The number of hydrogen-bond donors (Lipinski definition) is 1. The quantitative estimate of drug-likeness (QED) is 0.0950. The molecule has 0 saturated carbocycles. The summed E-state index contributed by atoms with van der Waals surface area (Å²) in [5.74, 6) is -0.366. The highest BCUT2D eigenvalue weighted by atomic mass is 79.9. The van der Waals surface area contributed by atoms with Gasteiger partial charge in [0.15, 0.2) is 5.16 Å². The van der Waals surface area contributed by atoms with Gasteiger partial charge in [-0.05, 0) is 80.1 Å². The van der Waals surface area contributed by atoms with Crippen molar-refractivity contribution in [2.24, 2.45) is 5.10 Å². The summed E-state index contributed by atoms with van der Waals surface area (Å²) in [5, 5.41) is 16.1. The topological polar surface area (TPSA) is 119 Å². The number of halogens is 1. The van der Waals surface area contributed by atoms with E-state index < -0.39 is 4.92 Å². The van der Waals surface area contributed by atoms with Gasteiger partial charge >= 0.3 is 0 Å². The average Bonchev–Trinajstić information content (AvgIpc) is 3.30. The molecule has 0 saturated heterocycles. The third kappa shape index (κ3) is 5.42. The molecule has 0 aliphatic heterocycles. The number of benzene rings is 2. The lowest BCUT2D eigenvalue weighted by Crippen LogP contribution is -2.24. The first kappa shape index (κ1) is 26.3. The van der Waals surface area contributed by atoms with Crippen LogP contribution >= 0.6 is 39.0 Å². The minimum Gasteiger partial charge on any atom is -0.272 e. The molecule has 2 aromatic carbocycles. The van der Waals surface area contributed by atoms with E-state index in [0.29, 0.717) is 32.3 Å². The largest absolute Gasteiger partial charge is 0.272 e. The van der Waals surface area contributed by atoms with Crippen LogP contribution in [0.4, 0.5) is 5.69 Å². The van der Waals surface area contributed by atoms with Crippen LogP contribution in [0.15, 0.2) is 68.1 Å². The van der Waals surface area contributed by atoms with E-state index in [1.165, 1.54) is 28.8 Å². The molecule has 2 aromatic heterocycles. The molecule has 0 spiro atoms. The van der Waals surface area contributed by atoms with E-state index in [4.69, 9.17) is 4.98 Å². The number of hydrogen-bond acceptors (Lipinski definition) is 8. The van der Waals surface area contributed by atoms with Crippen molar-refractivity contribution in [1.82, 2.24) is 15.0 Å². The zero-order valence-electron chi connectivity index (χ0n) is 20.3.